The number of amides is 3. The fourth-order valence-corrected chi connectivity index (χ4v) is 11.1. The third kappa shape index (κ3) is 8.99. The van der Waals surface area contributed by atoms with Gasteiger partial charge in [0.2, 0.25) is 11.8 Å². The average Bonchev–Trinajstić information content (AvgIpc) is 3.72. The molecule has 0 bridgehead atoms. The van der Waals surface area contributed by atoms with Gasteiger partial charge in [0, 0.05) is 96.5 Å². The van der Waals surface area contributed by atoms with Gasteiger partial charge in [-0.1, -0.05) is 13.8 Å². The molecule has 2 unspecified atom stereocenters. The molecule has 0 radical (unpaired) electrons. The summed E-state index contributed by atoms with van der Waals surface area (Å²) < 4.78 is 12.3. The fraction of sp³-hybridized carbons (Fsp3) is 0.612. The molecule has 2 aromatic carbocycles. The number of rotatable bonds is 11. The van der Waals surface area contributed by atoms with Gasteiger partial charge in [-0.05, 0) is 108 Å². The number of hydrogen-bond donors (Lipinski definition) is 3. The lowest BCUT2D eigenvalue weighted by molar-refractivity contribution is -0.136. The molecule has 15 heteroatoms. The number of ether oxygens (including phenoxy) is 2. The number of piperazine rings is 1. The number of imide groups is 1. The number of carbonyl (C=O) groups is 3. The molecule has 0 spiro atoms. The van der Waals surface area contributed by atoms with E-state index >= 15 is 0 Å². The van der Waals surface area contributed by atoms with Crippen LogP contribution in [0.1, 0.15) is 122 Å². The first kappa shape index (κ1) is 44.2. The molecule has 3 aromatic rings. The topological polar surface area (TPSA) is 148 Å². The van der Waals surface area contributed by atoms with Gasteiger partial charge in [0.1, 0.15) is 35.3 Å². The Hall–Kier alpha value is -4.99. The van der Waals surface area contributed by atoms with Crippen molar-refractivity contribution in [2.75, 3.05) is 74.7 Å². The minimum atomic E-state index is -0.643. The predicted octanol–water partition coefficient (Wildman–Crippen LogP) is 6.24. The highest BCUT2D eigenvalue weighted by Gasteiger charge is 2.42. The zero-order chi connectivity index (χ0) is 44.7. The van der Waals surface area contributed by atoms with Gasteiger partial charge in [0.15, 0.2) is 0 Å². The molecular formula is C49H72N10O5. The van der Waals surface area contributed by atoms with E-state index in [1.54, 1.807) is 18.3 Å². The largest absolute Gasteiger partial charge is 0.494 e. The molecule has 4 saturated heterocycles. The number of methoxy groups -OCH3 is 1. The lowest BCUT2D eigenvalue weighted by Gasteiger charge is -2.48. The van der Waals surface area contributed by atoms with Crippen molar-refractivity contribution in [3.63, 3.8) is 0 Å². The van der Waals surface area contributed by atoms with Crippen molar-refractivity contribution < 1.29 is 26.7 Å². The smallest absolute Gasteiger partial charge is 0.255 e. The van der Waals surface area contributed by atoms with Crippen LogP contribution in [0.25, 0.3) is 0 Å². The Labute approximate surface area is 381 Å². The molecule has 1 aliphatic carbocycles. The maximum atomic E-state index is 13.4. The number of hydrazine groups is 1. The summed E-state index contributed by atoms with van der Waals surface area (Å²) >= 11 is 0. The summed E-state index contributed by atoms with van der Waals surface area (Å²) in [5.41, 5.74) is 12.4. The molecule has 10 rings (SSSR count). The van der Waals surface area contributed by atoms with Crippen molar-refractivity contribution >= 4 is 34.9 Å². The maximum Gasteiger partial charge on any atom is 0.255 e. The predicted molar refractivity (Wildman–Crippen MR) is 252 cm³/mol. The Morgan fingerprint density at radius 2 is 1.56 bits per heavy atom. The van der Waals surface area contributed by atoms with Gasteiger partial charge in [0.25, 0.3) is 5.91 Å². The third-order valence-corrected chi connectivity index (χ3v) is 14.9. The molecule has 7 heterocycles. The minimum absolute atomic E-state index is 0. The van der Waals surface area contributed by atoms with Gasteiger partial charge in [-0.15, -0.1) is 0 Å². The summed E-state index contributed by atoms with van der Waals surface area (Å²) in [5.74, 6) is 3.08. The van der Waals surface area contributed by atoms with Crippen LogP contribution in [0.3, 0.4) is 0 Å². The minimum Gasteiger partial charge on any atom is -0.494 e. The Balaban J connectivity index is 0.00000160. The van der Waals surface area contributed by atoms with Crippen LogP contribution in [0.2, 0.25) is 0 Å². The Kier molecular flexibility index (Phi) is 12.8. The molecule has 64 heavy (non-hydrogen) atoms. The summed E-state index contributed by atoms with van der Waals surface area (Å²) in [5, 5.41) is 2.40. The van der Waals surface area contributed by atoms with Crippen molar-refractivity contribution in [1.29, 1.82) is 0 Å². The molecular weight excluding hydrogens is 809 g/mol. The van der Waals surface area contributed by atoms with Crippen LogP contribution < -0.4 is 35.4 Å². The van der Waals surface area contributed by atoms with Gasteiger partial charge >= 0.3 is 0 Å². The van der Waals surface area contributed by atoms with E-state index in [4.69, 9.17) is 19.4 Å². The molecule has 1 aromatic heterocycles. The summed E-state index contributed by atoms with van der Waals surface area (Å²) in [7, 11) is 1.66. The second-order valence-electron chi connectivity index (χ2n) is 19.3. The first-order chi connectivity index (χ1) is 31.0. The SMILES string of the molecule is CC.COc1c(N2CCC(CN3C[C@@H](C)N(CC4CCN(c5cc(C6NNc7ccc(OC8(C)CC8)cc76)ncn5)CC4)[C@@H](C)C3)CC2)ccc2c1CN(C1CCC(=O)NC1=O)C2=O.[HH].[HH]. The number of benzene rings is 2. The number of carbonyl (C=O) groups excluding carboxylic acids is 3. The zero-order valence-electron chi connectivity index (χ0n) is 38.7. The molecule has 6 aliphatic heterocycles. The second kappa shape index (κ2) is 18.5. The highest BCUT2D eigenvalue weighted by Crippen LogP contribution is 2.43. The van der Waals surface area contributed by atoms with Crippen molar-refractivity contribution in [2.24, 2.45) is 11.8 Å². The lowest BCUT2D eigenvalue weighted by atomic mass is 9.92. The van der Waals surface area contributed by atoms with E-state index in [9.17, 15) is 14.4 Å². The molecule has 7 aliphatic rings. The van der Waals surface area contributed by atoms with E-state index in [1.165, 1.54) is 0 Å². The highest BCUT2D eigenvalue weighted by atomic mass is 16.5. The maximum absolute atomic E-state index is 13.4. The van der Waals surface area contributed by atoms with Gasteiger partial charge in [-0.25, -0.2) is 15.4 Å². The molecule has 3 amide bonds. The monoisotopic (exact) mass is 881 g/mol. The van der Waals surface area contributed by atoms with Gasteiger partial charge in [-0.2, -0.15) is 0 Å². The number of anilines is 3. The average molecular weight is 881 g/mol. The van der Waals surface area contributed by atoms with E-state index in [0.29, 0.717) is 42.4 Å². The molecule has 348 valence electrons. The molecule has 15 nitrogen and oxygen atoms in total. The first-order valence-electron chi connectivity index (χ1n) is 24.0. The number of nitrogens with zero attached hydrogens (tertiary/aromatic N) is 7. The Bertz CT molecular complexity index is 2200. The standard InChI is InChI=1S/C47H62N10O5.C2H6.2H2/c1-29-23-53(25-31-11-17-54(18-12-31)39-8-6-34-36(44(39)61-4)27-57(46(34)60)40-9-10-42(58)50-45(40)59)24-30(2)56(29)26-32-13-19-55(20-14-32)41-22-38(48-28-49-41)43-35-21-33(62-47(3)15-16-47)5-7-37(35)51-52-43;1-2;;/h5-8,21-22,28-32,40,43,51-52H,9-20,23-27H2,1-4H3,(H,50,58,59);1-2H3;2*1H/t29-,30+,40?,43?;;;. The van der Waals surface area contributed by atoms with E-state index in [1.807, 2.05) is 32.0 Å². The molecule has 1 saturated carbocycles. The van der Waals surface area contributed by atoms with Crippen molar-refractivity contribution in [1.82, 2.24) is 35.4 Å². The zero-order valence-corrected chi connectivity index (χ0v) is 38.7. The molecule has 4 atom stereocenters. The Morgan fingerprint density at radius 3 is 2.25 bits per heavy atom. The van der Waals surface area contributed by atoms with Crippen LogP contribution in [-0.2, 0) is 16.1 Å². The quantitative estimate of drug-likeness (QED) is 0.187. The summed E-state index contributed by atoms with van der Waals surface area (Å²) in [6.45, 7) is 19.7. The fourth-order valence-electron chi connectivity index (χ4n) is 11.1. The first-order valence-corrected chi connectivity index (χ1v) is 24.0. The lowest BCUT2D eigenvalue weighted by Crippen LogP contribution is -2.59. The third-order valence-electron chi connectivity index (χ3n) is 14.9. The van der Waals surface area contributed by atoms with Crippen LogP contribution in [0.5, 0.6) is 11.5 Å². The molecule has 5 fully saturated rings. The van der Waals surface area contributed by atoms with E-state index in [2.05, 4.69) is 74.7 Å². The number of fused-ring (bicyclic) bond motifs is 2. The van der Waals surface area contributed by atoms with Crippen LogP contribution in [0, 0.1) is 11.8 Å². The normalized spacial score (nSPS) is 26.2. The number of nitrogens with one attached hydrogen (secondary N) is 3. The van der Waals surface area contributed by atoms with Crippen LogP contribution in [-0.4, -0.2) is 126 Å². The second-order valence-corrected chi connectivity index (χ2v) is 19.3. The van der Waals surface area contributed by atoms with Crippen LogP contribution >= 0.6 is 0 Å². The van der Waals surface area contributed by atoms with Crippen LogP contribution in [0.15, 0.2) is 42.7 Å². The summed E-state index contributed by atoms with van der Waals surface area (Å²) in [4.78, 5) is 59.1. The van der Waals surface area contributed by atoms with E-state index in [-0.39, 0.29) is 32.7 Å². The van der Waals surface area contributed by atoms with Crippen molar-refractivity contribution in [2.45, 2.75) is 122 Å². The van der Waals surface area contributed by atoms with E-state index in [0.717, 1.165) is 136 Å². The number of aromatic nitrogens is 2. The van der Waals surface area contributed by atoms with Gasteiger partial charge in [0.05, 0.1) is 36.8 Å². The summed E-state index contributed by atoms with van der Waals surface area (Å²) in [6, 6.07) is 12.7. The van der Waals surface area contributed by atoms with Crippen molar-refractivity contribution in [3.8, 4) is 11.5 Å². The van der Waals surface area contributed by atoms with E-state index < -0.39 is 11.9 Å². The highest BCUT2D eigenvalue weighted by molar-refractivity contribution is 6.06. The number of piperidine rings is 3. The Morgan fingerprint density at radius 1 is 0.859 bits per heavy atom. The van der Waals surface area contributed by atoms with Gasteiger partial charge < -0.3 is 29.6 Å². The summed E-state index contributed by atoms with van der Waals surface area (Å²) in [6.07, 6.45) is 9.03. The van der Waals surface area contributed by atoms with Crippen molar-refractivity contribution in [3.05, 3.63) is 65.1 Å². The van der Waals surface area contributed by atoms with Crippen LogP contribution in [0.4, 0.5) is 17.2 Å². The van der Waals surface area contributed by atoms with Gasteiger partial charge in [-0.3, -0.25) is 29.5 Å². The molecule has 3 N–H and O–H groups in total. The number of hydrogen-bond acceptors (Lipinski definition) is 13.